The Kier molecular flexibility index (Phi) is 3.94. The summed E-state index contributed by atoms with van der Waals surface area (Å²) in [7, 11) is 0. The van der Waals surface area contributed by atoms with Crippen LogP contribution in [0.4, 0.5) is 11.5 Å². The summed E-state index contributed by atoms with van der Waals surface area (Å²) < 4.78 is 1.14. The van der Waals surface area contributed by atoms with E-state index in [2.05, 4.69) is 10.3 Å². The summed E-state index contributed by atoms with van der Waals surface area (Å²) in [6, 6.07) is 12.0. The number of aromatic nitrogens is 2. The third kappa shape index (κ3) is 2.86. The Morgan fingerprint density at radius 2 is 1.96 bits per heavy atom. The van der Waals surface area contributed by atoms with Crippen LogP contribution in [-0.2, 0) is 6.54 Å². The maximum absolute atomic E-state index is 12.3. The third-order valence-corrected chi connectivity index (χ3v) is 3.67. The fraction of sp³-hybridized carbons (Fsp3) is 0.0667. The van der Waals surface area contributed by atoms with Crippen molar-refractivity contribution in [3.05, 3.63) is 79.7 Å². The summed E-state index contributed by atoms with van der Waals surface area (Å²) in [5.41, 5.74) is -0.258. The lowest BCUT2D eigenvalue weighted by molar-refractivity contribution is -0.385. The Morgan fingerprint density at radius 1 is 1.22 bits per heavy atom. The fourth-order valence-electron chi connectivity index (χ4n) is 2.19. The number of hydrogen-bond acceptors (Lipinski definition) is 5. The number of fused-ring (bicyclic) bond motifs is 1. The van der Waals surface area contributed by atoms with Crippen molar-refractivity contribution in [2.24, 2.45) is 0 Å². The van der Waals surface area contributed by atoms with E-state index in [-0.39, 0.29) is 12.4 Å². The van der Waals surface area contributed by atoms with Crippen LogP contribution >= 0.6 is 11.6 Å². The number of nitrogens with zero attached hydrogens (tertiary/aromatic N) is 3. The highest BCUT2D eigenvalue weighted by Gasteiger charge is 2.23. The van der Waals surface area contributed by atoms with Crippen LogP contribution < -0.4 is 10.9 Å². The Labute approximate surface area is 135 Å². The van der Waals surface area contributed by atoms with E-state index in [4.69, 9.17) is 11.6 Å². The molecule has 0 aliphatic carbocycles. The molecule has 3 aromatic rings. The van der Waals surface area contributed by atoms with Crippen LogP contribution in [0, 0.1) is 10.1 Å². The molecule has 0 atom stereocenters. The summed E-state index contributed by atoms with van der Waals surface area (Å²) in [6.07, 6.45) is 1.44. The van der Waals surface area contributed by atoms with Crippen molar-refractivity contribution >= 4 is 28.8 Å². The molecule has 8 heteroatoms. The van der Waals surface area contributed by atoms with Gasteiger partial charge in [0.2, 0.25) is 5.82 Å². The van der Waals surface area contributed by atoms with Crippen LogP contribution in [0.15, 0.2) is 53.5 Å². The SMILES string of the molecule is O=c1c([N+](=O)[O-])c(NCc2ccccc2Cl)nc2ccccn12. The Balaban J connectivity index is 2.06. The summed E-state index contributed by atoms with van der Waals surface area (Å²) in [6.45, 7) is 0.218. The van der Waals surface area contributed by atoms with Gasteiger partial charge in [0.15, 0.2) is 0 Å². The number of nitro groups is 1. The monoisotopic (exact) mass is 330 g/mol. The van der Waals surface area contributed by atoms with Gasteiger partial charge in [-0.2, -0.15) is 0 Å². The molecule has 1 N–H and O–H groups in total. The van der Waals surface area contributed by atoms with Gasteiger partial charge in [0.1, 0.15) is 5.65 Å². The van der Waals surface area contributed by atoms with Crippen LogP contribution in [0.3, 0.4) is 0 Å². The number of nitrogens with one attached hydrogen (secondary N) is 1. The molecule has 1 aromatic carbocycles. The van der Waals surface area contributed by atoms with Crippen LogP contribution in [0.2, 0.25) is 5.02 Å². The van der Waals surface area contributed by atoms with E-state index < -0.39 is 16.2 Å². The second-order valence-corrected chi connectivity index (χ2v) is 5.15. The van der Waals surface area contributed by atoms with Crippen molar-refractivity contribution in [1.29, 1.82) is 0 Å². The fourth-order valence-corrected chi connectivity index (χ4v) is 2.39. The molecule has 0 spiro atoms. The van der Waals surface area contributed by atoms with E-state index in [0.717, 1.165) is 9.96 Å². The van der Waals surface area contributed by atoms with Gasteiger partial charge in [-0.05, 0) is 23.8 Å². The van der Waals surface area contributed by atoms with E-state index in [1.165, 1.54) is 6.20 Å². The molecular weight excluding hydrogens is 320 g/mol. The molecule has 7 nitrogen and oxygen atoms in total. The molecule has 2 heterocycles. The molecule has 0 bridgehead atoms. The molecule has 0 saturated heterocycles. The lowest BCUT2D eigenvalue weighted by Crippen LogP contribution is -2.21. The molecule has 23 heavy (non-hydrogen) atoms. The minimum Gasteiger partial charge on any atom is -0.360 e. The number of anilines is 1. The zero-order valence-corrected chi connectivity index (χ0v) is 12.5. The van der Waals surface area contributed by atoms with Crippen molar-refractivity contribution in [2.75, 3.05) is 5.32 Å². The highest BCUT2D eigenvalue weighted by atomic mass is 35.5. The second kappa shape index (κ2) is 6.05. The topological polar surface area (TPSA) is 89.5 Å². The number of pyridine rings is 1. The average molecular weight is 331 g/mol. The summed E-state index contributed by atoms with van der Waals surface area (Å²) in [5, 5.41) is 14.6. The van der Waals surface area contributed by atoms with Gasteiger partial charge in [-0.1, -0.05) is 35.9 Å². The first-order valence-electron chi connectivity index (χ1n) is 6.71. The lowest BCUT2D eigenvalue weighted by atomic mass is 10.2. The number of benzene rings is 1. The van der Waals surface area contributed by atoms with Crippen LogP contribution in [0.25, 0.3) is 5.65 Å². The number of rotatable bonds is 4. The van der Waals surface area contributed by atoms with Crippen molar-refractivity contribution in [2.45, 2.75) is 6.54 Å². The van der Waals surface area contributed by atoms with Gasteiger partial charge in [0, 0.05) is 17.8 Å². The Morgan fingerprint density at radius 3 is 2.70 bits per heavy atom. The largest absolute Gasteiger partial charge is 0.376 e. The maximum Gasteiger partial charge on any atom is 0.376 e. The highest BCUT2D eigenvalue weighted by Crippen LogP contribution is 2.21. The molecule has 0 radical (unpaired) electrons. The quantitative estimate of drug-likeness (QED) is 0.587. The van der Waals surface area contributed by atoms with Crippen molar-refractivity contribution in [3.63, 3.8) is 0 Å². The minimum atomic E-state index is -0.734. The summed E-state index contributed by atoms with van der Waals surface area (Å²) >= 11 is 6.06. The first kappa shape index (κ1) is 15.0. The predicted octanol–water partition coefficient (Wildman–Crippen LogP) is 2.87. The van der Waals surface area contributed by atoms with Gasteiger partial charge in [-0.3, -0.25) is 19.3 Å². The summed E-state index contributed by atoms with van der Waals surface area (Å²) in [4.78, 5) is 27.0. The van der Waals surface area contributed by atoms with Gasteiger partial charge in [-0.25, -0.2) is 4.98 Å². The smallest absolute Gasteiger partial charge is 0.360 e. The maximum atomic E-state index is 12.3. The predicted molar refractivity (Wildman–Crippen MR) is 86.9 cm³/mol. The first-order chi connectivity index (χ1) is 11.1. The van der Waals surface area contributed by atoms with E-state index in [9.17, 15) is 14.9 Å². The van der Waals surface area contributed by atoms with E-state index >= 15 is 0 Å². The molecule has 0 amide bonds. The number of hydrogen-bond donors (Lipinski definition) is 1. The van der Waals surface area contributed by atoms with Gasteiger partial charge >= 0.3 is 11.2 Å². The van der Waals surface area contributed by atoms with Crippen LogP contribution in [0.5, 0.6) is 0 Å². The van der Waals surface area contributed by atoms with Gasteiger partial charge in [0.25, 0.3) is 0 Å². The normalized spacial score (nSPS) is 10.7. The average Bonchev–Trinajstić information content (AvgIpc) is 2.54. The van der Waals surface area contributed by atoms with Crippen molar-refractivity contribution in [1.82, 2.24) is 9.38 Å². The lowest BCUT2D eigenvalue weighted by Gasteiger charge is -2.09. The van der Waals surface area contributed by atoms with E-state index in [1.807, 2.05) is 0 Å². The van der Waals surface area contributed by atoms with Crippen molar-refractivity contribution < 1.29 is 4.92 Å². The molecule has 0 fully saturated rings. The number of halogens is 1. The molecule has 0 aliphatic heterocycles. The van der Waals surface area contributed by atoms with E-state index in [1.54, 1.807) is 42.5 Å². The van der Waals surface area contributed by atoms with Gasteiger partial charge < -0.3 is 5.32 Å². The first-order valence-corrected chi connectivity index (χ1v) is 7.09. The van der Waals surface area contributed by atoms with Crippen LogP contribution in [0.1, 0.15) is 5.56 Å². The molecule has 3 rings (SSSR count). The Bertz CT molecular complexity index is 955. The van der Waals surface area contributed by atoms with E-state index in [0.29, 0.717) is 10.7 Å². The standard InChI is InChI=1S/C15H11ClN4O3/c16-11-6-2-1-5-10(11)9-17-14-13(20(22)23)15(21)19-8-4-3-7-12(19)18-14/h1-8,17H,9H2. The van der Waals surface area contributed by atoms with Crippen molar-refractivity contribution in [3.8, 4) is 0 Å². The molecule has 2 aromatic heterocycles. The molecule has 0 saturated carbocycles. The van der Waals surface area contributed by atoms with Gasteiger partial charge in [-0.15, -0.1) is 0 Å². The second-order valence-electron chi connectivity index (χ2n) is 4.75. The molecular formula is C15H11ClN4O3. The molecule has 0 aliphatic rings. The zero-order valence-electron chi connectivity index (χ0n) is 11.8. The molecule has 116 valence electrons. The zero-order chi connectivity index (χ0) is 16.4. The van der Waals surface area contributed by atoms with Crippen LogP contribution in [-0.4, -0.2) is 14.3 Å². The Hall–Kier alpha value is -2.93. The summed E-state index contributed by atoms with van der Waals surface area (Å²) in [5.74, 6) is -0.0777. The highest BCUT2D eigenvalue weighted by molar-refractivity contribution is 6.31. The third-order valence-electron chi connectivity index (χ3n) is 3.30. The minimum absolute atomic E-state index is 0.0777. The van der Waals surface area contributed by atoms with Gasteiger partial charge in [0.05, 0.1) is 4.92 Å². The molecule has 0 unspecified atom stereocenters.